The lowest BCUT2D eigenvalue weighted by Crippen LogP contribution is -2.48. The first-order valence-electron chi connectivity index (χ1n) is 6.83. The van der Waals surface area contributed by atoms with Crippen LogP contribution in [0.1, 0.15) is 25.0 Å². The summed E-state index contributed by atoms with van der Waals surface area (Å²) in [5.41, 5.74) is 7.38. The number of hydrogen-bond donors (Lipinski definition) is 1. The molecule has 1 heterocycles. The maximum Gasteiger partial charge on any atom is 0.218 e. The molecule has 1 aliphatic rings. The molecule has 2 atom stereocenters. The Morgan fingerprint density at radius 2 is 1.85 bits per heavy atom. The van der Waals surface area contributed by atoms with E-state index in [0.717, 1.165) is 16.9 Å². The second-order valence-corrected chi connectivity index (χ2v) is 8.61. The van der Waals surface area contributed by atoms with Crippen molar-refractivity contribution in [3.05, 3.63) is 35.4 Å². The van der Waals surface area contributed by atoms with Gasteiger partial charge in [-0.3, -0.25) is 0 Å². The minimum Gasteiger partial charge on any atom is -0.326 e. The molecule has 1 fully saturated rings. The zero-order valence-electron chi connectivity index (χ0n) is 12.0. The van der Waals surface area contributed by atoms with Crippen molar-refractivity contribution in [1.29, 1.82) is 0 Å². The Kier molecular flexibility index (Phi) is 5.12. The number of sulfonamides is 1. The highest BCUT2D eigenvalue weighted by atomic mass is 32.2. The molecule has 0 radical (unpaired) electrons. The summed E-state index contributed by atoms with van der Waals surface area (Å²) in [6.45, 7) is 5.17. The van der Waals surface area contributed by atoms with E-state index in [0.29, 0.717) is 18.3 Å². The van der Waals surface area contributed by atoms with Gasteiger partial charge in [0.15, 0.2) is 0 Å². The van der Waals surface area contributed by atoms with Crippen molar-refractivity contribution in [3.63, 3.8) is 0 Å². The Morgan fingerprint density at radius 3 is 2.45 bits per heavy atom. The molecule has 2 rings (SSSR count). The maximum absolute atomic E-state index is 12.6. The van der Waals surface area contributed by atoms with Crippen molar-refractivity contribution >= 4 is 21.8 Å². The van der Waals surface area contributed by atoms with E-state index in [9.17, 15) is 8.42 Å². The lowest BCUT2D eigenvalue weighted by atomic mass is 10.1. The molecule has 20 heavy (non-hydrogen) atoms. The van der Waals surface area contributed by atoms with E-state index in [-0.39, 0.29) is 11.8 Å². The van der Waals surface area contributed by atoms with E-state index < -0.39 is 10.0 Å². The van der Waals surface area contributed by atoms with Crippen molar-refractivity contribution in [2.45, 2.75) is 37.4 Å². The Balaban J connectivity index is 2.13. The van der Waals surface area contributed by atoms with Crippen LogP contribution in [0.5, 0.6) is 0 Å². The molecular formula is C14H22N2O2S2. The molecule has 6 heteroatoms. The van der Waals surface area contributed by atoms with Crippen molar-refractivity contribution in [2.24, 2.45) is 5.73 Å². The number of rotatable bonds is 4. The zero-order chi connectivity index (χ0) is 14.8. The molecule has 2 N–H and O–H groups in total. The van der Waals surface area contributed by atoms with Crippen LogP contribution in [0.2, 0.25) is 0 Å². The summed E-state index contributed by atoms with van der Waals surface area (Å²) in [6.07, 6.45) is 0. The monoisotopic (exact) mass is 314 g/mol. The van der Waals surface area contributed by atoms with Crippen molar-refractivity contribution in [2.75, 3.05) is 12.3 Å². The average molecular weight is 314 g/mol. The predicted octanol–water partition coefficient (Wildman–Crippen LogP) is 1.80. The highest BCUT2D eigenvalue weighted by Crippen LogP contribution is 2.27. The summed E-state index contributed by atoms with van der Waals surface area (Å²) in [5, 5.41) is 0.346. The van der Waals surface area contributed by atoms with Crippen LogP contribution in [-0.2, 0) is 22.3 Å². The molecule has 112 valence electrons. The first-order valence-corrected chi connectivity index (χ1v) is 9.49. The number of hydrogen-bond acceptors (Lipinski definition) is 4. The molecule has 2 unspecified atom stereocenters. The van der Waals surface area contributed by atoms with Gasteiger partial charge in [-0.15, -0.1) is 0 Å². The van der Waals surface area contributed by atoms with Crippen LogP contribution < -0.4 is 5.73 Å². The summed E-state index contributed by atoms with van der Waals surface area (Å²) in [6, 6.07) is 7.55. The maximum atomic E-state index is 12.6. The highest BCUT2D eigenvalue weighted by molar-refractivity contribution is 8.00. The lowest BCUT2D eigenvalue weighted by molar-refractivity contribution is 0.340. The van der Waals surface area contributed by atoms with Gasteiger partial charge in [0, 0.05) is 30.1 Å². The SMILES string of the molecule is CC1SCCN(S(=O)(=O)Cc2ccc(CN)cc2)C1C. The summed E-state index contributed by atoms with van der Waals surface area (Å²) in [5.74, 6) is 0.941. The molecule has 0 amide bonds. The van der Waals surface area contributed by atoms with Gasteiger partial charge in [0.05, 0.1) is 5.75 Å². The summed E-state index contributed by atoms with van der Waals surface area (Å²) in [7, 11) is -3.25. The summed E-state index contributed by atoms with van der Waals surface area (Å²) >= 11 is 1.84. The summed E-state index contributed by atoms with van der Waals surface area (Å²) in [4.78, 5) is 0. The van der Waals surface area contributed by atoms with Crippen LogP contribution in [0.15, 0.2) is 24.3 Å². The van der Waals surface area contributed by atoms with Crippen LogP contribution in [0.25, 0.3) is 0 Å². The molecular weight excluding hydrogens is 292 g/mol. The van der Waals surface area contributed by atoms with Crippen LogP contribution in [0, 0.1) is 0 Å². The van der Waals surface area contributed by atoms with Crippen molar-refractivity contribution < 1.29 is 8.42 Å². The van der Waals surface area contributed by atoms with E-state index in [4.69, 9.17) is 5.73 Å². The Hall–Kier alpha value is -0.560. The van der Waals surface area contributed by atoms with Crippen LogP contribution in [-0.4, -0.2) is 36.3 Å². The Labute approximate surface area is 125 Å². The molecule has 0 spiro atoms. The minimum atomic E-state index is -3.25. The first-order chi connectivity index (χ1) is 9.44. The van der Waals surface area contributed by atoms with E-state index in [2.05, 4.69) is 6.92 Å². The minimum absolute atomic E-state index is 0.0575. The molecule has 0 bridgehead atoms. The van der Waals surface area contributed by atoms with Crippen LogP contribution >= 0.6 is 11.8 Å². The number of nitrogens with zero attached hydrogens (tertiary/aromatic N) is 1. The molecule has 1 aromatic carbocycles. The number of benzene rings is 1. The van der Waals surface area contributed by atoms with Gasteiger partial charge in [-0.1, -0.05) is 31.2 Å². The predicted molar refractivity (Wildman–Crippen MR) is 85.0 cm³/mol. The van der Waals surface area contributed by atoms with Gasteiger partial charge in [0.25, 0.3) is 0 Å². The Morgan fingerprint density at radius 1 is 1.25 bits per heavy atom. The second-order valence-electron chi connectivity index (χ2n) is 5.20. The fourth-order valence-electron chi connectivity index (χ4n) is 2.36. The molecule has 0 aliphatic carbocycles. The lowest BCUT2D eigenvalue weighted by Gasteiger charge is -2.36. The first kappa shape index (κ1) is 15.8. The number of thioether (sulfide) groups is 1. The molecule has 1 saturated heterocycles. The Bertz CT molecular complexity index is 543. The topological polar surface area (TPSA) is 63.4 Å². The fraction of sp³-hybridized carbons (Fsp3) is 0.571. The smallest absolute Gasteiger partial charge is 0.218 e. The van der Waals surface area contributed by atoms with E-state index in [1.807, 2.05) is 43.0 Å². The molecule has 1 aliphatic heterocycles. The molecule has 4 nitrogen and oxygen atoms in total. The van der Waals surface area contributed by atoms with Gasteiger partial charge in [-0.2, -0.15) is 16.1 Å². The van der Waals surface area contributed by atoms with Gasteiger partial charge in [0.1, 0.15) is 0 Å². The van der Waals surface area contributed by atoms with Crippen LogP contribution in [0.3, 0.4) is 0 Å². The van der Waals surface area contributed by atoms with Crippen LogP contribution in [0.4, 0.5) is 0 Å². The van der Waals surface area contributed by atoms with Gasteiger partial charge in [-0.25, -0.2) is 8.42 Å². The van der Waals surface area contributed by atoms with Crippen molar-refractivity contribution in [1.82, 2.24) is 4.31 Å². The average Bonchev–Trinajstić information content (AvgIpc) is 2.42. The van der Waals surface area contributed by atoms with E-state index in [1.165, 1.54) is 0 Å². The van der Waals surface area contributed by atoms with Gasteiger partial charge >= 0.3 is 0 Å². The standard InChI is InChI=1S/C14H22N2O2S2/c1-11-12(2)19-8-7-16(11)20(17,18)10-14-5-3-13(9-15)4-6-14/h3-6,11-12H,7-10,15H2,1-2H3. The van der Waals surface area contributed by atoms with Crippen molar-refractivity contribution in [3.8, 4) is 0 Å². The summed E-state index contributed by atoms with van der Waals surface area (Å²) < 4.78 is 26.8. The molecule has 0 aromatic heterocycles. The quantitative estimate of drug-likeness (QED) is 0.920. The van der Waals surface area contributed by atoms with E-state index in [1.54, 1.807) is 4.31 Å². The highest BCUT2D eigenvalue weighted by Gasteiger charge is 2.33. The van der Waals surface area contributed by atoms with Gasteiger partial charge in [-0.05, 0) is 18.1 Å². The third kappa shape index (κ3) is 3.55. The second kappa shape index (κ2) is 6.47. The number of nitrogens with two attached hydrogens (primary N) is 1. The van der Waals surface area contributed by atoms with Gasteiger partial charge < -0.3 is 5.73 Å². The molecule has 0 saturated carbocycles. The normalized spacial score (nSPS) is 24.8. The van der Waals surface area contributed by atoms with E-state index >= 15 is 0 Å². The molecule has 1 aromatic rings. The fourth-order valence-corrected chi connectivity index (χ4v) is 5.49. The largest absolute Gasteiger partial charge is 0.326 e. The zero-order valence-corrected chi connectivity index (χ0v) is 13.6. The third-order valence-corrected chi connectivity index (χ3v) is 7.06. The third-order valence-electron chi connectivity index (χ3n) is 3.79. The van der Waals surface area contributed by atoms with Gasteiger partial charge in [0.2, 0.25) is 10.0 Å².